The molecule has 0 saturated heterocycles. The van der Waals surface area contributed by atoms with Crippen molar-refractivity contribution in [2.75, 3.05) is 5.32 Å². The van der Waals surface area contributed by atoms with Crippen LogP contribution < -0.4 is 10.1 Å². The molecule has 10 heteroatoms. The SMILES string of the molecule is O=CNc1cc(Br)c(F)cc1Oc1c(F)cc(C(F)(F)F)cc1F. The van der Waals surface area contributed by atoms with E-state index in [0.29, 0.717) is 6.07 Å². The maximum atomic E-state index is 13.8. The number of anilines is 1. The summed E-state index contributed by atoms with van der Waals surface area (Å²) in [5, 5.41) is 2.11. The van der Waals surface area contributed by atoms with Crippen molar-refractivity contribution in [3.63, 3.8) is 0 Å². The summed E-state index contributed by atoms with van der Waals surface area (Å²) in [5.74, 6) is -5.82. The van der Waals surface area contributed by atoms with E-state index >= 15 is 0 Å². The molecule has 0 saturated carbocycles. The van der Waals surface area contributed by atoms with Crippen molar-refractivity contribution in [1.82, 2.24) is 0 Å². The number of rotatable bonds is 4. The van der Waals surface area contributed by atoms with Gasteiger partial charge in [-0.2, -0.15) is 13.2 Å². The predicted molar refractivity (Wildman–Crippen MR) is 75.2 cm³/mol. The number of amides is 1. The molecule has 0 heterocycles. The van der Waals surface area contributed by atoms with E-state index in [2.05, 4.69) is 21.2 Å². The van der Waals surface area contributed by atoms with Crippen LogP contribution >= 0.6 is 15.9 Å². The Labute approximate surface area is 139 Å². The smallest absolute Gasteiger partial charge is 0.416 e. The lowest BCUT2D eigenvalue weighted by Crippen LogP contribution is -2.07. The van der Waals surface area contributed by atoms with E-state index < -0.39 is 40.7 Å². The molecule has 24 heavy (non-hydrogen) atoms. The fraction of sp³-hybridized carbons (Fsp3) is 0.0714. The van der Waals surface area contributed by atoms with Gasteiger partial charge >= 0.3 is 6.18 Å². The fourth-order valence-electron chi connectivity index (χ4n) is 1.72. The summed E-state index contributed by atoms with van der Waals surface area (Å²) < 4.78 is 83.3. The first-order chi connectivity index (χ1) is 11.1. The highest BCUT2D eigenvalue weighted by Crippen LogP contribution is 2.38. The Kier molecular flexibility index (Phi) is 5.07. The lowest BCUT2D eigenvalue weighted by molar-refractivity contribution is -0.138. The molecule has 1 amide bonds. The van der Waals surface area contributed by atoms with Gasteiger partial charge in [0.05, 0.1) is 15.7 Å². The molecule has 0 fully saturated rings. The highest BCUT2D eigenvalue weighted by atomic mass is 79.9. The van der Waals surface area contributed by atoms with Crippen LogP contribution in [0.3, 0.4) is 0 Å². The van der Waals surface area contributed by atoms with Crippen LogP contribution in [0.15, 0.2) is 28.7 Å². The number of hydrogen-bond donors (Lipinski definition) is 1. The van der Waals surface area contributed by atoms with Gasteiger partial charge in [-0.3, -0.25) is 4.79 Å². The summed E-state index contributed by atoms with van der Waals surface area (Å²) in [7, 11) is 0. The van der Waals surface area contributed by atoms with E-state index in [9.17, 15) is 31.1 Å². The third kappa shape index (κ3) is 3.81. The van der Waals surface area contributed by atoms with Crippen LogP contribution in [0.25, 0.3) is 0 Å². The van der Waals surface area contributed by atoms with Crippen molar-refractivity contribution < 1.29 is 35.9 Å². The van der Waals surface area contributed by atoms with Crippen molar-refractivity contribution in [2.45, 2.75) is 6.18 Å². The summed E-state index contributed by atoms with van der Waals surface area (Å²) in [4.78, 5) is 10.5. The summed E-state index contributed by atoms with van der Waals surface area (Å²) >= 11 is 2.84. The number of hydrogen-bond acceptors (Lipinski definition) is 2. The quantitative estimate of drug-likeness (QED) is 0.549. The third-order valence-corrected chi connectivity index (χ3v) is 3.38. The molecule has 0 radical (unpaired) electrons. The minimum absolute atomic E-state index is 0.0421. The summed E-state index contributed by atoms with van der Waals surface area (Å²) in [6, 6.07) is 1.84. The molecule has 0 aromatic heterocycles. The Morgan fingerprint density at radius 2 is 1.58 bits per heavy atom. The van der Waals surface area contributed by atoms with Crippen LogP contribution in [0, 0.1) is 17.5 Å². The van der Waals surface area contributed by atoms with E-state index in [1.165, 1.54) is 0 Å². The standard InChI is InChI=1S/C14H6BrF6NO2/c15-7-3-11(22-5-23)12(4-8(7)16)24-13-9(17)1-6(2-10(13)18)14(19,20)21/h1-5H,(H,22,23). The molecule has 0 unspecified atom stereocenters. The number of halogens is 7. The molecule has 0 aliphatic rings. The number of carbonyl (C=O) groups excluding carboxylic acids is 1. The second-order valence-electron chi connectivity index (χ2n) is 4.39. The summed E-state index contributed by atoms with van der Waals surface area (Å²) in [6.45, 7) is 0. The molecule has 3 nitrogen and oxygen atoms in total. The van der Waals surface area contributed by atoms with Crippen molar-refractivity contribution in [2.24, 2.45) is 0 Å². The molecular weight excluding hydrogens is 408 g/mol. The zero-order chi connectivity index (χ0) is 18.1. The van der Waals surface area contributed by atoms with Crippen LogP contribution in [-0.2, 0) is 11.0 Å². The zero-order valence-corrected chi connectivity index (χ0v) is 12.9. The van der Waals surface area contributed by atoms with Gasteiger partial charge in [0.25, 0.3) is 0 Å². The topological polar surface area (TPSA) is 38.3 Å². The Balaban J connectivity index is 2.49. The lowest BCUT2D eigenvalue weighted by atomic mass is 10.2. The molecule has 2 rings (SSSR count). The molecule has 128 valence electrons. The van der Waals surface area contributed by atoms with Gasteiger partial charge in [-0.25, -0.2) is 13.2 Å². The first-order valence-corrected chi connectivity index (χ1v) is 6.86. The Morgan fingerprint density at radius 1 is 1.00 bits per heavy atom. The second kappa shape index (κ2) is 6.71. The van der Waals surface area contributed by atoms with Crippen LogP contribution in [0.5, 0.6) is 11.5 Å². The number of alkyl halides is 3. The predicted octanol–water partition coefficient (Wildman–Crippen LogP) is 5.25. The molecule has 0 spiro atoms. The first-order valence-electron chi connectivity index (χ1n) is 6.06. The van der Waals surface area contributed by atoms with Gasteiger partial charge in [0, 0.05) is 6.07 Å². The average molecular weight is 414 g/mol. The van der Waals surface area contributed by atoms with Gasteiger partial charge in [0.15, 0.2) is 23.1 Å². The van der Waals surface area contributed by atoms with Crippen LogP contribution in [0.2, 0.25) is 0 Å². The molecule has 0 aliphatic heterocycles. The molecular formula is C14H6BrF6NO2. The molecule has 0 aliphatic carbocycles. The van der Waals surface area contributed by atoms with Crippen molar-refractivity contribution in [1.29, 1.82) is 0 Å². The number of benzene rings is 2. The first kappa shape index (κ1) is 18.1. The maximum absolute atomic E-state index is 13.8. The van der Waals surface area contributed by atoms with Gasteiger partial charge in [-0.15, -0.1) is 0 Å². The van der Waals surface area contributed by atoms with E-state index in [-0.39, 0.29) is 28.7 Å². The normalized spacial score (nSPS) is 11.3. The van der Waals surface area contributed by atoms with Gasteiger partial charge in [-0.1, -0.05) is 0 Å². The van der Waals surface area contributed by atoms with Gasteiger partial charge in [-0.05, 0) is 34.1 Å². The van der Waals surface area contributed by atoms with E-state index in [1.807, 2.05) is 0 Å². The summed E-state index contributed by atoms with van der Waals surface area (Å²) in [6.07, 6.45) is -4.75. The van der Waals surface area contributed by atoms with E-state index in [1.54, 1.807) is 0 Å². The zero-order valence-electron chi connectivity index (χ0n) is 11.3. The maximum Gasteiger partial charge on any atom is 0.416 e. The highest BCUT2D eigenvalue weighted by Gasteiger charge is 2.33. The molecule has 0 bridgehead atoms. The fourth-order valence-corrected chi connectivity index (χ4v) is 2.06. The molecule has 1 N–H and O–H groups in total. The average Bonchev–Trinajstić information content (AvgIpc) is 2.46. The molecule has 2 aromatic carbocycles. The number of ether oxygens (including phenoxy) is 1. The second-order valence-corrected chi connectivity index (χ2v) is 5.25. The largest absolute Gasteiger partial charge is 0.449 e. The van der Waals surface area contributed by atoms with E-state index in [4.69, 9.17) is 4.74 Å². The van der Waals surface area contributed by atoms with E-state index in [0.717, 1.165) is 6.07 Å². The number of carbonyl (C=O) groups is 1. The third-order valence-electron chi connectivity index (χ3n) is 2.77. The molecule has 0 atom stereocenters. The van der Waals surface area contributed by atoms with Crippen LogP contribution in [-0.4, -0.2) is 6.41 Å². The molecule has 2 aromatic rings. The number of nitrogens with one attached hydrogen (secondary N) is 1. The Bertz CT molecular complexity index is 771. The van der Waals surface area contributed by atoms with Crippen molar-refractivity contribution in [3.8, 4) is 11.5 Å². The highest BCUT2D eigenvalue weighted by molar-refractivity contribution is 9.10. The Morgan fingerprint density at radius 3 is 2.08 bits per heavy atom. The monoisotopic (exact) mass is 413 g/mol. The minimum Gasteiger partial charge on any atom is -0.449 e. The summed E-state index contributed by atoms with van der Waals surface area (Å²) in [5.41, 5.74) is -1.70. The van der Waals surface area contributed by atoms with Gasteiger partial charge < -0.3 is 10.1 Å². The Hall–Kier alpha value is -2.23. The van der Waals surface area contributed by atoms with Crippen LogP contribution in [0.4, 0.5) is 32.0 Å². The van der Waals surface area contributed by atoms with Crippen LogP contribution in [0.1, 0.15) is 5.56 Å². The van der Waals surface area contributed by atoms with Crippen molar-refractivity contribution in [3.05, 3.63) is 51.8 Å². The van der Waals surface area contributed by atoms with Gasteiger partial charge in [0.2, 0.25) is 6.41 Å². The van der Waals surface area contributed by atoms with Crippen molar-refractivity contribution >= 4 is 28.0 Å². The lowest BCUT2D eigenvalue weighted by Gasteiger charge is -2.14. The van der Waals surface area contributed by atoms with Gasteiger partial charge in [0.1, 0.15) is 5.82 Å². The minimum atomic E-state index is -4.95.